The van der Waals surface area contributed by atoms with Crippen LogP contribution in [-0.2, 0) is 11.3 Å². The highest BCUT2D eigenvalue weighted by Gasteiger charge is 2.15. The van der Waals surface area contributed by atoms with Gasteiger partial charge in [-0.2, -0.15) is 4.68 Å². The summed E-state index contributed by atoms with van der Waals surface area (Å²) in [4.78, 5) is 12.4. The van der Waals surface area contributed by atoms with Gasteiger partial charge in [-0.15, -0.1) is 5.10 Å². The molecule has 0 bridgehead atoms. The Hall–Kier alpha value is -3.42. The molecule has 0 fully saturated rings. The number of hydrogen-bond donors (Lipinski definition) is 0. The SMILES string of the molecule is CCCCOc1ccc(C(=O)OCc2nnnn2-c2ccccc2)cc1OC. The first kappa shape index (κ1) is 19.3. The number of nitrogens with zero attached hydrogens (tertiary/aromatic N) is 4. The van der Waals surface area contributed by atoms with Gasteiger partial charge in [0.05, 0.1) is 25.0 Å². The van der Waals surface area contributed by atoms with Gasteiger partial charge in [-0.1, -0.05) is 31.5 Å². The molecule has 3 aromatic rings. The minimum Gasteiger partial charge on any atom is -0.493 e. The van der Waals surface area contributed by atoms with Crippen molar-refractivity contribution in [1.82, 2.24) is 20.2 Å². The van der Waals surface area contributed by atoms with E-state index in [0.29, 0.717) is 29.5 Å². The Balaban J connectivity index is 1.66. The largest absolute Gasteiger partial charge is 0.493 e. The Morgan fingerprint density at radius 2 is 1.93 bits per heavy atom. The van der Waals surface area contributed by atoms with Gasteiger partial charge in [-0.25, -0.2) is 4.79 Å². The van der Waals surface area contributed by atoms with E-state index >= 15 is 0 Å². The first-order chi connectivity index (χ1) is 13.7. The molecule has 0 aliphatic rings. The number of carbonyl (C=O) groups is 1. The van der Waals surface area contributed by atoms with Crippen LogP contribution in [0.3, 0.4) is 0 Å². The summed E-state index contributed by atoms with van der Waals surface area (Å²) in [5.41, 5.74) is 1.15. The van der Waals surface area contributed by atoms with E-state index in [1.54, 1.807) is 18.2 Å². The molecule has 28 heavy (non-hydrogen) atoms. The van der Waals surface area contributed by atoms with Crippen molar-refractivity contribution >= 4 is 5.97 Å². The third kappa shape index (κ3) is 4.64. The first-order valence-corrected chi connectivity index (χ1v) is 9.03. The third-order valence-corrected chi connectivity index (χ3v) is 4.02. The number of aromatic nitrogens is 4. The number of rotatable bonds is 9. The Morgan fingerprint density at radius 3 is 2.68 bits per heavy atom. The van der Waals surface area contributed by atoms with E-state index in [9.17, 15) is 4.79 Å². The van der Waals surface area contributed by atoms with Gasteiger partial charge in [-0.3, -0.25) is 0 Å². The van der Waals surface area contributed by atoms with Crippen molar-refractivity contribution in [3.05, 3.63) is 59.9 Å². The number of tetrazole rings is 1. The fraction of sp³-hybridized carbons (Fsp3) is 0.300. The van der Waals surface area contributed by atoms with Crippen LogP contribution in [0.15, 0.2) is 48.5 Å². The lowest BCUT2D eigenvalue weighted by atomic mass is 10.2. The average Bonchev–Trinajstić information content (AvgIpc) is 3.21. The number of methoxy groups -OCH3 is 1. The summed E-state index contributed by atoms with van der Waals surface area (Å²) in [5.74, 6) is 1.01. The van der Waals surface area contributed by atoms with Crippen LogP contribution in [0.1, 0.15) is 35.9 Å². The molecule has 1 heterocycles. The van der Waals surface area contributed by atoms with Gasteiger partial charge in [0.1, 0.15) is 0 Å². The maximum atomic E-state index is 12.4. The third-order valence-electron chi connectivity index (χ3n) is 4.02. The quantitative estimate of drug-likeness (QED) is 0.415. The maximum absolute atomic E-state index is 12.4. The van der Waals surface area contributed by atoms with Gasteiger partial charge < -0.3 is 14.2 Å². The molecule has 0 saturated carbocycles. The van der Waals surface area contributed by atoms with Crippen LogP contribution in [0.5, 0.6) is 11.5 Å². The fourth-order valence-corrected chi connectivity index (χ4v) is 2.52. The second-order valence-corrected chi connectivity index (χ2v) is 5.99. The molecular formula is C20H22N4O4. The number of esters is 1. The van der Waals surface area contributed by atoms with Crippen LogP contribution in [0.2, 0.25) is 0 Å². The lowest BCUT2D eigenvalue weighted by Crippen LogP contribution is -2.10. The highest BCUT2D eigenvalue weighted by Crippen LogP contribution is 2.28. The van der Waals surface area contributed by atoms with Crippen LogP contribution < -0.4 is 9.47 Å². The Labute approximate surface area is 163 Å². The molecule has 3 rings (SSSR count). The molecule has 8 nitrogen and oxygen atoms in total. The van der Waals surface area contributed by atoms with E-state index in [1.807, 2.05) is 30.3 Å². The van der Waals surface area contributed by atoms with E-state index in [4.69, 9.17) is 14.2 Å². The highest BCUT2D eigenvalue weighted by molar-refractivity contribution is 5.90. The monoisotopic (exact) mass is 382 g/mol. The molecule has 0 aliphatic heterocycles. The summed E-state index contributed by atoms with van der Waals surface area (Å²) >= 11 is 0. The second-order valence-electron chi connectivity index (χ2n) is 5.99. The van der Waals surface area contributed by atoms with E-state index < -0.39 is 5.97 Å². The number of hydrogen-bond acceptors (Lipinski definition) is 7. The highest BCUT2D eigenvalue weighted by atomic mass is 16.5. The van der Waals surface area contributed by atoms with E-state index in [2.05, 4.69) is 22.4 Å². The van der Waals surface area contributed by atoms with Gasteiger partial charge in [0, 0.05) is 0 Å². The summed E-state index contributed by atoms with van der Waals surface area (Å²) in [6.45, 7) is 2.63. The lowest BCUT2D eigenvalue weighted by Gasteiger charge is -2.12. The van der Waals surface area contributed by atoms with Crippen molar-refractivity contribution in [2.24, 2.45) is 0 Å². The second kappa shape index (κ2) is 9.50. The predicted molar refractivity (Wildman–Crippen MR) is 102 cm³/mol. The lowest BCUT2D eigenvalue weighted by molar-refractivity contribution is 0.0459. The predicted octanol–water partition coefficient (Wildman–Crippen LogP) is 3.21. The van der Waals surface area contributed by atoms with Crippen LogP contribution in [0.25, 0.3) is 5.69 Å². The number of carbonyl (C=O) groups excluding carboxylic acids is 1. The van der Waals surface area contributed by atoms with Crippen LogP contribution >= 0.6 is 0 Å². The van der Waals surface area contributed by atoms with Gasteiger partial charge in [0.15, 0.2) is 23.9 Å². The topological polar surface area (TPSA) is 88.4 Å². The maximum Gasteiger partial charge on any atom is 0.338 e. The Kier molecular flexibility index (Phi) is 6.56. The van der Waals surface area contributed by atoms with Crippen molar-refractivity contribution in [2.45, 2.75) is 26.4 Å². The summed E-state index contributed by atoms with van der Waals surface area (Å²) < 4.78 is 17.9. The van der Waals surface area contributed by atoms with E-state index in [1.165, 1.54) is 11.8 Å². The molecule has 0 spiro atoms. The van der Waals surface area contributed by atoms with Crippen molar-refractivity contribution in [3.63, 3.8) is 0 Å². The Bertz CT molecular complexity index is 912. The minimum absolute atomic E-state index is 0.0577. The van der Waals surface area contributed by atoms with E-state index in [0.717, 1.165) is 18.5 Å². The normalized spacial score (nSPS) is 10.5. The molecule has 146 valence electrons. The zero-order valence-electron chi connectivity index (χ0n) is 15.9. The van der Waals surface area contributed by atoms with Crippen LogP contribution in [0, 0.1) is 0 Å². The standard InChI is InChI=1S/C20H22N4O4/c1-3-4-12-27-17-11-10-15(13-18(17)26-2)20(25)28-14-19-21-22-23-24(19)16-8-6-5-7-9-16/h5-11,13H,3-4,12,14H2,1-2H3. The molecular weight excluding hydrogens is 360 g/mol. The summed E-state index contributed by atoms with van der Waals surface area (Å²) in [6.07, 6.45) is 1.98. The minimum atomic E-state index is -0.499. The molecule has 8 heteroatoms. The van der Waals surface area contributed by atoms with E-state index in [-0.39, 0.29) is 6.61 Å². The molecule has 0 N–H and O–H groups in total. The van der Waals surface area contributed by atoms with Gasteiger partial charge in [0.25, 0.3) is 0 Å². The molecule has 0 aliphatic carbocycles. The first-order valence-electron chi connectivity index (χ1n) is 9.03. The van der Waals surface area contributed by atoms with Crippen molar-refractivity contribution in [3.8, 4) is 17.2 Å². The van der Waals surface area contributed by atoms with Crippen LogP contribution in [0.4, 0.5) is 0 Å². The van der Waals surface area contributed by atoms with Crippen molar-refractivity contribution < 1.29 is 19.0 Å². The van der Waals surface area contributed by atoms with Gasteiger partial charge in [0.2, 0.25) is 0 Å². The molecule has 2 aromatic carbocycles. The smallest absolute Gasteiger partial charge is 0.338 e. The van der Waals surface area contributed by atoms with Crippen molar-refractivity contribution in [2.75, 3.05) is 13.7 Å². The Morgan fingerprint density at radius 1 is 1.11 bits per heavy atom. The zero-order chi connectivity index (χ0) is 19.8. The van der Waals surface area contributed by atoms with Crippen molar-refractivity contribution in [1.29, 1.82) is 0 Å². The van der Waals surface area contributed by atoms with Gasteiger partial charge >= 0.3 is 5.97 Å². The number of benzene rings is 2. The molecule has 0 saturated heterocycles. The number of ether oxygens (including phenoxy) is 3. The summed E-state index contributed by atoms with van der Waals surface area (Å²) in [5, 5.41) is 11.5. The number of unbranched alkanes of at least 4 members (excludes halogenated alkanes) is 1. The molecule has 1 aromatic heterocycles. The average molecular weight is 382 g/mol. The fourth-order valence-electron chi connectivity index (χ4n) is 2.52. The summed E-state index contributed by atoms with van der Waals surface area (Å²) in [7, 11) is 1.53. The molecule has 0 atom stereocenters. The number of para-hydroxylation sites is 1. The van der Waals surface area contributed by atoms with Gasteiger partial charge in [-0.05, 0) is 47.2 Å². The molecule has 0 radical (unpaired) electrons. The zero-order valence-corrected chi connectivity index (χ0v) is 15.9. The molecule has 0 unspecified atom stereocenters. The molecule has 0 amide bonds. The summed E-state index contributed by atoms with van der Waals surface area (Å²) in [6, 6.07) is 14.3. The van der Waals surface area contributed by atoms with Crippen LogP contribution in [-0.4, -0.2) is 39.9 Å².